The maximum Gasteiger partial charge on any atom is 0.251 e. The molecule has 0 atom stereocenters. The normalized spacial score (nSPS) is 14.1. The first-order valence-corrected chi connectivity index (χ1v) is 12.1. The van der Waals surface area contributed by atoms with Gasteiger partial charge in [0.1, 0.15) is 5.75 Å². The Morgan fingerprint density at radius 1 is 1.06 bits per heavy atom. The predicted octanol–water partition coefficient (Wildman–Crippen LogP) is 4.89. The van der Waals surface area contributed by atoms with E-state index in [-0.39, 0.29) is 5.91 Å². The summed E-state index contributed by atoms with van der Waals surface area (Å²) in [6.07, 6.45) is 5.70. The fourth-order valence-electron chi connectivity index (χ4n) is 4.04. The first kappa shape index (κ1) is 24.2. The van der Waals surface area contributed by atoms with Gasteiger partial charge in [0.25, 0.3) is 5.91 Å². The molecule has 1 aromatic heterocycles. The average Bonchev–Trinajstić information content (AvgIpc) is 2.86. The quantitative estimate of drug-likeness (QED) is 0.353. The third-order valence-electron chi connectivity index (χ3n) is 6.07. The number of nitrogens with one attached hydrogen (secondary N) is 1. The summed E-state index contributed by atoms with van der Waals surface area (Å²) in [6, 6.07) is 16.4. The smallest absolute Gasteiger partial charge is 0.251 e. The molecule has 6 nitrogen and oxygen atoms in total. The number of ether oxygens (including phenoxy) is 1. The number of hydrogen-bond acceptors (Lipinski definition) is 4. The first-order chi connectivity index (χ1) is 16.5. The molecule has 1 saturated heterocycles. The largest absolute Gasteiger partial charge is 0.619 e. The fourth-order valence-corrected chi connectivity index (χ4v) is 4.33. The summed E-state index contributed by atoms with van der Waals surface area (Å²) in [5, 5.41) is 15.4. The van der Waals surface area contributed by atoms with Gasteiger partial charge >= 0.3 is 0 Å². The monoisotopic (exact) mass is 499 g/mol. The number of carbonyl (C=O) groups is 1. The number of anilines is 1. The number of halogens is 2. The van der Waals surface area contributed by atoms with Gasteiger partial charge in [-0.25, -0.2) is 0 Å². The molecule has 0 unspecified atom stereocenters. The van der Waals surface area contributed by atoms with Crippen LogP contribution in [0.2, 0.25) is 10.0 Å². The van der Waals surface area contributed by atoms with Gasteiger partial charge in [-0.1, -0.05) is 35.3 Å². The Balaban J connectivity index is 1.24. The Morgan fingerprint density at radius 2 is 1.76 bits per heavy atom. The molecule has 0 spiro atoms. The first-order valence-electron chi connectivity index (χ1n) is 11.4. The molecule has 1 aliphatic heterocycles. The Hall–Kier alpha value is -2.96. The van der Waals surface area contributed by atoms with Crippen molar-refractivity contribution in [1.29, 1.82) is 0 Å². The van der Waals surface area contributed by atoms with E-state index in [4.69, 9.17) is 27.9 Å². The van der Waals surface area contributed by atoms with E-state index in [1.807, 2.05) is 36.4 Å². The van der Waals surface area contributed by atoms with Crippen LogP contribution in [0.3, 0.4) is 0 Å². The van der Waals surface area contributed by atoms with Gasteiger partial charge in [0.05, 0.1) is 11.6 Å². The SMILES string of the molecule is O=C(NCC1CCN(c2cc[n+]([O-])cc2)CC1)c1ccc(Cl)c(OCCc2ccc(Cl)cc2)c1. The van der Waals surface area contributed by atoms with Crippen molar-refractivity contribution in [2.24, 2.45) is 5.92 Å². The lowest BCUT2D eigenvalue weighted by atomic mass is 9.96. The van der Waals surface area contributed by atoms with Gasteiger partial charge in [0, 0.05) is 54.5 Å². The Bertz CT molecular complexity index is 1100. The van der Waals surface area contributed by atoms with Gasteiger partial charge in [-0.3, -0.25) is 4.79 Å². The summed E-state index contributed by atoms with van der Waals surface area (Å²) in [4.78, 5) is 15.0. The molecule has 1 aliphatic rings. The van der Waals surface area contributed by atoms with Crippen molar-refractivity contribution in [3.05, 3.63) is 93.4 Å². The molecule has 1 N–H and O–H groups in total. The third-order valence-corrected chi connectivity index (χ3v) is 6.63. The molecule has 178 valence electrons. The second-order valence-corrected chi connectivity index (χ2v) is 9.27. The fraction of sp³-hybridized carbons (Fsp3) is 0.308. The number of amides is 1. The van der Waals surface area contributed by atoms with E-state index in [9.17, 15) is 10.0 Å². The molecule has 0 bridgehead atoms. The summed E-state index contributed by atoms with van der Waals surface area (Å²) in [7, 11) is 0. The maximum atomic E-state index is 12.7. The molecule has 2 heterocycles. The second-order valence-electron chi connectivity index (χ2n) is 8.43. The van der Waals surface area contributed by atoms with Crippen LogP contribution in [0.5, 0.6) is 5.75 Å². The van der Waals surface area contributed by atoms with Crippen molar-refractivity contribution in [2.75, 3.05) is 31.1 Å². The molecule has 1 fully saturated rings. The highest BCUT2D eigenvalue weighted by atomic mass is 35.5. The Kier molecular flexibility index (Phi) is 8.14. The van der Waals surface area contributed by atoms with Crippen molar-refractivity contribution in [3.8, 4) is 5.75 Å². The predicted molar refractivity (Wildman–Crippen MR) is 135 cm³/mol. The highest BCUT2D eigenvalue weighted by Crippen LogP contribution is 2.26. The van der Waals surface area contributed by atoms with Crippen molar-refractivity contribution in [2.45, 2.75) is 19.3 Å². The second kappa shape index (κ2) is 11.4. The molecule has 3 aromatic rings. The van der Waals surface area contributed by atoms with E-state index in [0.717, 1.165) is 41.9 Å². The standard InChI is InChI=1S/C26H27Cl2N3O3/c27-22-4-1-19(2-5-22)11-16-34-25-17-21(3-6-24(25)28)26(32)29-18-20-7-12-30(13-8-20)23-9-14-31(33)15-10-23/h1-6,9-10,14-15,17,20H,7-8,11-13,16,18H2,(H,29,32). The summed E-state index contributed by atoms with van der Waals surface area (Å²) in [5.41, 5.74) is 2.69. The Labute approximate surface area is 209 Å². The summed E-state index contributed by atoms with van der Waals surface area (Å²) in [5.74, 6) is 0.777. The highest BCUT2D eigenvalue weighted by Gasteiger charge is 2.21. The van der Waals surface area contributed by atoms with Crippen LogP contribution >= 0.6 is 23.2 Å². The number of benzene rings is 2. The van der Waals surface area contributed by atoms with Gasteiger partial charge in [-0.05, 0) is 54.7 Å². The summed E-state index contributed by atoms with van der Waals surface area (Å²) >= 11 is 12.2. The summed E-state index contributed by atoms with van der Waals surface area (Å²) < 4.78 is 6.64. The lowest BCUT2D eigenvalue weighted by Crippen LogP contribution is -2.39. The van der Waals surface area contributed by atoms with E-state index in [1.165, 1.54) is 12.4 Å². The van der Waals surface area contributed by atoms with Crippen LogP contribution < -0.4 is 19.7 Å². The topological polar surface area (TPSA) is 68.5 Å². The zero-order chi connectivity index (χ0) is 23.9. The molecule has 0 radical (unpaired) electrons. The van der Waals surface area contributed by atoms with Crippen LogP contribution in [0.15, 0.2) is 67.0 Å². The van der Waals surface area contributed by atoms with Gasteiger partial charge in [-0.2, -0.15) is 4.73 Å². The van der Waals surface area contributed by atoms with Gasteiger partial charge < -0.3 is 20.2 Å². The number of carbonyl (C=O) groups excluding carboxylic acids is 1. The van der Waals surface area contributed by atoms with Crippen molar-refractivity contribution in [1.82, 2.24) is 5.32 Å². The molecule has 4 rings (SSSR count). The number of aromatic nitrogens is 1. The maximum absolute atomic E-state index is 12.7. The van der Waals surface area contributed by atoms with E-state index >= 15 is 0 Å². The lowest BCUT2D eigenvalue weighted by molar-refractivity contribution is -0.605. The minimum atomic E-state index is -0.135. The summed E-state index contributed by atoms with van der Waals surface area (Å²) in [6.45, 7) is 2.87. The van der Waals surface area contributed by atoms with Crippen LogP contribution in [0.4, 0.5) is 5.69 Å². The number of rotatable bonds is 8. The third kappa shape index (κ3) is 6.55. The van der Waals surface area contributed by atoms with E-state index < -0.39 is 0 Å². The molecular formula is C26H27Cl2N3O3. The van der Waals surface area contributed by atoms with Crippen molar-refractivity contribution in [3.63, 3.8) is 0 Å². The van der Waals surface area contributed by atoms with Crippen molar-refractivity contribution < 1.29 is 14.3 Å². The van der Waals surface area contributed by atoms with Crippen LogP contribution in [0, 0.1) is 11.1 Å². The number of nitrogens with zero attached hydrogens (tertiary/aromatic N) is 2. The number of pyridine rings is 1. The van der Waals surface area contributed by atoms with Crippen LogP contribution in [-0.4, -0.2) is 32.1 Å². The minimum absolute atomic E-state index is 0.135. The molecule has 0 aliphatic carbocycles. The average molecular weight is 500 g/mol. The minimum Gasteiger partial charge on any atom is -0.619 e. The zero-order valence-corrected chi connectivity index (χ0v) is 20.3. The highest BCUT2D eigenvalue weighted by molar-refractivity contribution is 6.32. The van der Waals surface area contributed by atoms with Gasteiger partial charge in [-0.15, -0.1) is 0 Å². The van der Waals surface area contributed by atoms with E-state index in [0.29, 0.717) is 46.8 Å². The zero-order valence-electron chi connectivity index (χ0n) is 18.8. The van der Waals surface area contributed by atoms with Gasteiger partial charge in [0.2, 0.25) is 0 Å². The molecule has 34 heavy (non-hydrogen) atoms. The van der Waals surface area contributed by atoms with Gasteiger partial charge in [0.15, 0.2) is 12.4 Å². The number of piperidine rings is 1. The lowest BCUT2D eigenvalue weighted by Gasteiger charge is -2.33. The molecule has 2 aromatic carbocycles. The molecule has 0 saturated carbocycles. The Morgan fingerprint density at radius 3 is 2.47 bits per heavy atom. The van der Waals surface area contributed by atoms with Crippen LogP contribution in [-0.2, 0) is 6.42 Å². The van der Waals surface area contributed by atoms with E-state index in [1.54, 1.807) is 18.2 Å². The number of hydrogen-bond donors (Lipinski definition) is 1. The molecular weight excluding hydrogens is 473 g/mol. The van der Waals surface area contributed by atoms with Crippen LogP contribution in [0.1, 0.15) is 28.8 Å². The van der Waals surface area contributed by atoms with Crippen LogP contribution in [0.25, 0.3) is 0 Å². The van der Waals surface area contributed by atoms with Crippen molar-refractivity contribution >= 4 is 34.8 Å². The molecule has 1 amide bonds. The molecule has 8 heteroatoms. The van der Waals surface area contributed by atoms with E-state index in [2.05, 4.69) is 10.2 Å².